The molecule has 0 N–H and O–H groups in total. The van der Waals surface area contributed by atoms with E-state index in [-0.39, 0.29) is 17.5 Å². The topological polar surface area (TPSA) is 79.6 Å². The van der Waals surface area contributed by atoms with Crippen molar-refractivity contribution in [2.45, 2.75) is 20.8 Å². The Bertz CT molecular complexity index is 551. The van der Waals surface area contributed by atoms with Crippen molar-refractivity contribution in [3.05, 3.63) is 27.9 Å². The molecule has 7 heteroatoms. The van der Waals surface area contributed by atoms with E-state index < -0.39 is 4.92 Å². The molecule has 1 saturated heterocycles. The average Bonchev–Trinajstić information content (AvgIpc) is 2.46. The molecule has 114 valence electrons. The van der Waals surface area contributed by atoms with Crippen LogP contribution in [-0.4, -0.2) is 46.9 Å². The van der Waals surface area contributed by atoms with Gasteiger partial charge in [-0.25, -0.2) is 4.98 Å². The minimum Gasteiger partial charge on any atom is -0.353 e. The minimum absolute atomic E-state index is 0.00451. The van der Waals surface area contributed by atoms with Gasteiger partial charge in [-0.05, 0) is 12.5 Å². The van der Waals surface area contributed by atoms with E-state index in [0.29, 0.717) is 26.2 Å². The van der Waals surface area contributed by atoms with E-state index in [0.717, 1.165) is 11.4 Å². The van der Waals surface area contributed by atoms with Crippen LogP contribution in [0.3, 0.4) is 0 Å². The number of anilines is 1. The van der Waals surface area contributed by atoms with Gasteiger partial charge in [-0.2, -0.15) is 0 Å². The van der Waals surface area contributed by atoms with E-state index in [1.54, 1.807) is 0 Å². The molecule has 0 atom stereocenters. The van der Waals surface area contributed by atoms with Gasteiger partial charge in [0.15, 0.2) is 0 Å². The SMILES string of the molecule is Cc1cc([N+](=O)[O-])cnc1N1CCN(C(=O)C(C)C)CC1. The fourth-order valence-electron chi connectivity index (χ4n) is 2.49. The fraction of sp³-hybridized carbons (Fsp3) is 0.571. The van der Waals surface area contributed by atoms with Gasteiger partial charge in [0.2, 0.25) is 5.91 Å². The van der Waals surface area contributed by atoms with Crippen molar-refractivity contribution in [3.63, 3.8) is 0 Å². The van der Waals surface area contributed by atoms with Gasteiger partial charge >= 0.3 is 0 Å². The van der Waals surface area contributed by atoms with Gasteiger partial charge in [-0.3, -0.25) is 14.9 Å². The summed E-state index contributed by atoms with van der Waals surface area (Å²) < 4.78 is 0. The van der Waals surface area contributed by atoms with Crippen molar-refractivity contribution in [3.8, 4) is 0 Å². The lowest BCUT2D eigenvalue weighted by Crippen LogP contribution is -2.50. The first-order chi connectivity index (χ1) is 9.90. The Kier molecular flexibility index (Phi) is 4.40. The molecule has 1 aliphatic rings. The summed E-state index contributed by atoms with van der Waals surface area (Å²) in [6.45, 7) is 8.34. The second-order valence-electron chi connectivity index (χ2n) is 5.56. The van der Waals surface area contributed by atoms with Gasteiger partial charge in [0.1, 0.15) is 12.0 Å². The van der Waals surface area contributed by atoms with Crippen LogP contribution in [-0.2, 0) is 4.79 Å². The van der Waals surface area contributed by atoms with Crippen LogP contribution in [0, 0.1) is 23.0 Å². The van der Waals surface area contributed by atoms with Gasteiger partial charge in [0.25, 0.3) is 5.69 Å². The summed E-state index contributed by atoms with van der Waals surface area (Å²) in [6.07, 6.45) is 1.29. The number of pyridine rings is 1. The third-order valence-electron chi connectivity index (χ3n) is 3.63. The molecule has 2 heterocycles. The molecule has 0 saturated carbocycles. The monoisotopic (exact) mass is 292 g/mol. The number of carbonyl (C=O) groups is 1. The number of hydrogen-bond donors (Lipinski definition) is 0. The van der Waals surface area contributed by atoms with Crippen LogP contribution in [0.25, 0.3) is 0 Å². The van der Waals surface area contributed by atoms with E-state index >= 15 is 0 Å². The Morgan fingerprint density at radius 1 is 1.33 bits per heavy atom. The summed E-state index contributed by atoms with van der Waals surface area (Å²) >= 11 is 0. The van der Waals surface area contributed by atoms with Crippen LogP contribution in [0.1, 0.15) is 19.4 Å². The second-order valence-corrected chi connectivity index (χ2v) is 5.56. The number of amides is 1. The van der Waals surface area contributed by atoms with Crippen LogP contribution in [0.4, 0.5) is 11.5 Å². The van der Waals surface area contributed by atoms with Gasteiger partial charge in [0, 0.05) is 38.2 Å². The lowest BCUT2D eigenvalue weighted by molar-refractivity contribution is -0.385. The number of hydrogen-bond acceptors (Lipinski definition) is 5. The molecule has 1 aromatic rings. The standard InChI is InChI=1S/C14H20N4O3/c1-10(2)14(19)17-6-4-16(5-7-17)13-11(3)8-12(9-15-13)18(20)21/h8-10H,4-7H2,1-3H3. The highest BCUT2D eigenvalue weighted by Crippen LogP contribution is 2.22. The Hall–Kier alpha value is -2.18. The van der Waals surface area contributed by atoms with Crippen molar-refractivity contribution in [2.75, 3.05) is 31.1 Å². The third kappa shape index (κ3) is 3.29. The fourth-order valence-corrected chi connectivity index (χ4v) is 2.49. The quantitative estimate of drug-likeness (QED) is 0.624. The molecular formula is C14H20N4O3. The van der Waals surface area contributed by atoms with Crippen molar-refractivity contribution in [1.29, 1.82) is 0 Å². The molecule has 2 rings (SSSR count). The molecule has 1 amide bonds. The Morgan fingerprint density at radius 3 is 2.43 bits per heavy atom. The third-order valence-corrected chi connectivity index (χ3v) is 3.63. The molecule has 1 aliphatic heterocycles. The van der Waals surface area contributed by atoms with E-state index in [9.17, 15) is 14.9 Å². The van der Waals surface area contributed by atoms with E-state index in [2.05, 4.69) is 9.88 Å². The maximum Gasteiger partial charge on any atom is 0.287 e. The maximum atomic E-state index is 11.9. The van der Waals surface area contributed by atoms with E-state index in [1.165, 1.54) is 12.3 Å². The summed E-state index contributed by atoms with van der Waals surface area (Å²) in [6, 6.07) is 1.54. The largest absolute Gasteiger partial charge is 0.353 e. The van der Waals surface area contributed by atoms with Crippen molar-refractivity contribution >= 4 is 17.4 Å². The molecule has 7 nitrogen and oxygen atoms in total. The highest BCUT2D eigenvalue weighted by molar-refractivity contribution is 5.78. The van der Waals surface area contributed by atoms with Gasteiger partial charge in [0.05, 0.1) is 4.92 Å². The molecule has 0 bridgehead atoms. The molecule has 0 aliphatic carbocycles. The summed E-state index contributed by atoms with van der Waals surface area (Å²) in [5.74, 6) is 0.941. The molecule has 0 aromatic carbocycles. The predicted molar refractivity (Wildman–Crippen MR) is 79.3 cm³/mol. The summed E-state index contributed by atoms with van der Waals surface area (Å²) in [4.78, 5) is 30.4. The zero-order valence-corrected chi connectivity index (χ0v) is 12.6. The first kappa shape index (κ1) is 15.2. The van der Waals surface area contributed by atoms with Gasteiger partial charge < -0.3 is 9.80 Å². The van der Waals surface area contributed by atoms with Crippen LogP contribution >= 0.6 is 0 Å². The predicted octanol–water partition coefficient (Wildman–Crippen LogP) is 1.60. The average molecular weight is 292 g/mol. The van der Waals surface area contributed by atoms with Crippen molar-refractivity contribution in [2.24, 2.45) is 5.92 Å². The van der Waals surface area contributed by atoms with Gasteiger partial charge in [-0.1, -0.05) is 13.8 Å². The van der Waals surface area contributed by atoms with E-state index in [4.69, 9.17) is 0 Å². The number of carbonyl (C=O) groups excluding carboxylic acids is 1. The molecular weight excluding hydrogens is 272 g/mol. The first-order valence-electron chi connectivity index (χ1n) is 7.05. The first-order valence-corrected chi connectivity index (χ1v) is 7.05. The van der Waals surface area contributed by atoms with Crippen LogP contribution in [0.15, 0.2) is 12.3 Å². The zero-order chi connectivity index (χ0) is 15.6. The van der Waals surface area contributed by atoms with E-state index in [1.807, 2.05) is 25.7 Å². The Morgan fingerprint density at radius 2 is 1.95 bits per heavy atom. The lowest BCUT2D eigenvalue weighted by Gasteiger charge is -2.36. The molecule has 0 unspecified atom stereocenters. The molecule has 1 aromatic heterocycles. The van der Waals surface area contributed by atoms with Gasteiger partial charge in [-0.15, -0.1) is 0 Å². The highest BCUT2D eigenvalue weighted by atomic mass is 16.6. The molecule has 0 spiro atoms. The highest BCUT2D eigenvalue weighted by Gasteiger charge is 2.24. The summed E-state index contributed by atoms with van der Waals surface area (Å²) in [5, 5.41) is 10.7. The Balaban J connectivity index is 2.06. The normalized spacial score (nSPS) is 15.4. The number of aromatic nitrogens is 1. The van der Waals surface area contributed by atoms with Crippen LogP contribution in [0.5, 0.6) is 0 Å². The molecule has 21 heavy (non-hydrogen) atoms. The van der Waals surface area contributed by atoms with Crippen LogP contribution in [0.2, 0.25) is 0 Å². The summed E-state index contributed by atoms with van der Waals surface area (Å²) in [5.41, 5.74) is 0.790. The van der Waals surface area contributed by atoms with Crippen molar-refractivity contribution in [1.82, 2.24) is 9.88 Å². The number of rotatable bonds is 3. The van der Waals surface area contributed by atoms with Crippen molar-refractivity contribution < 1.29 is 9.72 Å². The summed E-state index contributed by atoms with van der Waals surface area (Å²) in [7, 11) is 0. The number of nitro groups is 1. The minimum atomic E-state index is -0.441. The zero-order valence-electron chi connectivity index (χ0n) is 12.6. The molecule has 1 fully saturated rings. The maximum absolute atomic E-state index is 11.9. The second kappa shape index (κ2) is 6.07. The van der Waals surface area contributed by atoms with Crippen LogP contribution < -0.4 is 4.90 Å². The lowest BCUT2D eigenvalue weighted by atomic mass is 10.1. The Labute approximate surface area is 123 Å². The number of aryl methyl sites for hydroxylation is 1. The smallest absolute Gasteiger partial charge is 0.287 e. The molecule has 0 radical (unpaired) electrons. The number of piperazine rings is 1. The number of nitrogens with zero attached hydrogens (tertiary/aromatic N) is 4.